The van der Waals surface area contributed by atoms with Gasteiger partial charge in [0.15, 0.2) is 11.5 Å². The lowest BCUT2D eigenvalue weighted by molar-refractivity contribution is -0.115. The predicted molar refractivity (Wildman–Crippen MR) is 207 cm³/mol. The number of methoxy groups -OCH3 is 1. The molecule has 0 spiro atoms. The maximum absolute atomic E-state index is 14.0. The number of carbonyl (C=O) groups excluding carboxylic acids is 1. The van der Waals surface area contributed by atoms with Gasteiger partial charge in [0, 0.05) is 55.0 Å². The van der Waals surface area contributed by atoms with Crippen molar-refractivity contribution in [3.05, 3.63) is 90.8 Å². The van der Waals surface area contributed by atoms with Gasteiger partial charge >= 0.3 is 5.69 Å². The molecule has 0 amide bonds. The Labute approximate surface area is 321 Å². The van der Waals surface area contributed by atoms with Crippen molar-refractivity contribution in [3.8, 4) is 28.3 Å². The standard InChI is InChI=1S/C41H42ClF2N7O4/c1-23-25(7-6-10-29(23)45-34-31-36(48-35(47-34)33(43)44)49(2)39(54)50(3)38(31)53)27-8-5-9-28(32(27)42)30-19-24-20-51(17-11-26(24)37(46-30)55-4)18-16-40-12-14-41(21-40,22-52)15-13-40/h5-10,19,22,33H,11-18,20-21H2,1-4H3,(H,45,47,48). The number of pyridine rings is 1. The molecule has 2 aromatic carbocycles. The summed E-state index contributed by atoms with van der Waals surface area (Å²) in [5.41, 5.74) is 4.96. The van der Waals surface area contributed by atoms with E-state index in [2.05, 4.69) is 26.3 Å². The van der Waals surface area contributed by atoms with Gasteiger partial charge in [-0.05, 0) is 92.7 Å². The number of benzene rings is 2. The van der Waals surface area contributed by atoms with Crippen molar-refractivity contribution in [1.82, 2.24) is 29.0 Å². The van der Waals surface area contributed by atoms with E-state index in [-0.39, 0.29) is 27.7 Å². The first kappa shape index (κ1) is 36.9. The van der Waals surface area contributed by atoms with E-state index in [1.165, 1.54) is 20.4 Å². The maximum atomic E-state index is 14.0. The Hall–Kier alpha value is -5.01. The van der Waals surface area contributed by atoms with Crippen molar-refractivity contribution >= 4 is 40.4 Å². The van der Waals surface area contributed by atoms with Gasteiger partial charge in [0.2, 0.25) is 5.88 Å². The number of rotatable bonds is 10. The molecule has 11 nitrogen and oxygen atoms in total. The first-order valence-corrected chi connectivity index (χ1v) is 18.9. The summed E-state index contributed by atoms with van der Waals surface area (Å²) in [6.07, 6.45) is 5.48. The second-order valence-electron chi connectivity index (χ2n) is 15.5. The minimum absolute atomic E-state index is 0.0822. The molecule has 2 aliphatic carbocycles. The van der Waals surface area contributed by atoms with Gasteiger partial charge in [0.05, 0.1) is 17.8 Å². The number of carbonyl (C=O) groups is 1. The SMILES string of the molecule is COc1nc(-c2cccc(-c3cccc(Nc4nc(C(F)F)nc5c4c(=O)n(C)c(=O)n5C)c3C)c2Cl)cc2c1CCN(CCC13CCC(C=O)(CC1)C3)C2. The molecule has 3 aromatic heterocycles. The summed E-state index contributed by atoms with van der Waals surface area (Å²) in [4.78, 5) is 53.0. The number of halogens is 3. The highest BCUT2D eigenvalue weighted by Gasteiger charge is 2.53. The molecule has 2 fully saturated rings. The zero-order valence-electron chi connectivity index (χ0n) is 31.2. The molecule has 2 bridgehead atoms. The predicted octanol–water partition coefficient (Wildman–Crippen LogP) is 7.31. The molecule has 0 saturated heterocycles. The van der Waals surface area contributed by atoms with E-state index in [1.807, 2.05) is 31.2 Å². The molecule has 55 heavy (non-hydrogen) atoms. The number of ether oxygens (including phenoxy) is 1. The van der Waals surface area contributed by atoms with Crippen LogP contribution in [0.3, 0.4) is 0 Å². The second kappa shape index (κ2) is 13.9. The Balaban J connectivity index is 1.11. The topological polar surface area (TPSA) is 124 Å². The van der Waals surface area contributed by atoms with Gasteiger partial charge in [0.1, 0.15) is 17.5 Å². The smallest absolute Gasteiger partial charge is 0.332 e. The number of aldehydes is 1. The molecule has 0 unspecified atom stereocenters. The van der Waals surface area contributed by atoms with Crippen molar-refractivity contribution in [2.75, 3.05) is 25.5 Å². The van der Waals surface area contributed by atoms with Gasteiger partial charge in [0.25, 0.3) is 12.0 Å². The number of anilines is 2. The number of aryl methyl sites for hydroxylation is 1. The lowest BCUT2D eigenvalue weighted by atomic mass is 9.80. The normalized spacial score (nSPS) is 20.7. The summed E-state index contributed by atoms with van der Waals surface area (Å²) in [6.45, 7) is 4.52. The van der Waals surface area contributed by atoms with E-state index in [4.69, 9.17) is 21.3 Å². The number of hydrogen-bond acceptors (Lipinski definition) is 9. The molecular formula is C41H42ClF2N7O4. The largest absolute Gasteiger partial charge is 0.481 e. The van der Waals surface area contributed by atoms with E-state index < -0.39 is 23.5 Å². The molecular weight excluding hydrogens is 728 g/mol. The molecule has 2 saturated carbocycles. The van der Waals surface area contributed by atoms with Crippen LogP contribution in [0.15, 0.2) is 52.1 Å². The molecule has 0 atom stereocenters. The molecule has 4 heterocycles. The van der Waals surface area contributed by atoms with Gasteiger partial charge in [-0.1, -0.05) is 41.9 Å². The van der Waals surface area contributed by atoms with Crippen LogP contribution in [-0.4, -0.2) is 55.5 Å². The minimum Gasteiger partial charge on any atom is -0.481 e. The van der Waals surface area contributed by atoms with Crippen molar-refractivity contribution in [2.45, 2.75) is 64.8 Å². The average Bonchev–Trinajstić information content (AvgIpc) is 3.76. The Kier molecular flexibility index (Phi) is 9.36. The van der Waals surface area contributed by atoms with Crippen LogP contribution in [0.2, 0.25) is 5.02 Å². The quantitative estimate of drug-likeness (QED) is 0.146. The highest BCUT2D eigenvalue weighted by atomic mass is 35.5. The number of hydrogen-bond donors (Lipinski definition) is 1. The van der Waals surface area contributed by atoms with E-state index in [1.54, 1.807) is 19.2 Å². The highest BCUT2D eigenvalue weighted by Crippen LogP contribution is 2.62. The fourth-order valence-corrected chi connectivity index (χ4v) is 9.48. The molecule has 5 aromatic rings. The summed E-state index contributed by atoms with van der Waals surface area (Å²) >= 11 is 7.24. The summed E-state index contributed by atoms with van der Waals surface area (Å²) in [5, 5.41) is 3.47. The number of alkyl halides is 2. The summed E-state index contributed by atoms with van der Waals surface area (Å²) < 4.78 is 35.7. The van der Waals surface area contributed by atoms with Crippen molar-refractivity contribution < 1.29 is 18.3 Å². The van der Waals surface area contributed by atoms with Crippen LogP contribution >= 0.6 is 11.6 Å². The van der Waals surface area contributed by atoms with Crippen LogP contribution in [-0.2, 0) is 31.9 Å². The number of aromatic nitrogens is 5. The van der Waals surface area contributed by atoms with E-state index >= 15 is 0 Å². The fraction of sp³-hybridized carbons (Fsp3) is 0.415. The Morgan fingerprint density at radius 1 is 1.00 bits per heavy atom. The van der Waals surface area contributed by atoms with Gasteiger partial charge in [-0.2, -0.15) is 0 Å². The molecule has 0 radical (unpaired) electrons. The van der Waals surface area contributed by atoms with Gasteiger partial charge in [-0.3, -0.25) is 18.8 Å². The zero-order chi connectivity index (χ0) is 38.8. The fourth-order valence-electron chi connectivity index (χ4n) is 9.16. The maximum Gasteiger partial charge on any atom is 0.332 e. The third kappa shape index (κ3) is 6.30. The Morgan fingerprint density at radius 2 is 1.73 bits per heavy atom. The van der Waals surface area contributed by atoms with Crippen LogP contribution in [0.5, 0.6) is 5.88 Å². The lowest BCUT2D eigenvalue weighted by Gasteiger charge is -2.33. The third-order valence-electron chi connectivity index (χ3n) is 12.4. The van der Waals surface area contributed by atoms with Crippen LogP contribution in [0, 0.1) is 17.8 Å². The Bertz CT molecular complexity index is 2490. The lowest BCUT2D eigenvalue weighted by Crippen LogP contribution is -2.38. The number of nitrogens with one attached hydrogen (secondary N) is 1. The van der Waals surface area contributed by atoms with Crippen LogP contribution in [0.1, 0.15) is 67.5 Å². The van der Waals surface area contributed by atoms with Crippen molar-refractivity contribution in [2.24, 2.45) is 24.9 Å². The summed E-state index contributed by atoms with van der Waals surface area (Å²) in [7, 11) is 4.31. The molecule has 286 valence electrons. The molecule has 8 rings (SSSR count). The highest BCUT2D eigenvalue weighted by molar-refractivity contribution is 6.36. The van der Waals surface area contributed by atoms with Gasteiger partial charge in [-0.15, -0.1) is 0 Å². The first-order valence-electron chi connectivity index (χ1n) is 18.5. The van der Waals surface area contributed by atoms with Crippen LogP contribution < -0.4 is 21.3 Å². The first-order chi connectivity index (χ1) is 26.4. The molecule has 3 aliphatic rings. The number of nitrogens with zero attached hydrogens (tertiary/aromatic N) is 6. The monoisotopic (exact) mass is 769 g/mol. The average molecular weight is 770 g/mol. The molecule has 1 N–H and O–H groups in total. The van der Waals surface area contributed by atoms with E-state index in [9.17, 15) is 23.2 Å². The van der Waals surface area contributed by atoms with E-state index in [0.29, 0.717) is 22.3 Å². The third-order valence-corrected chi connectivity index (χ3v) is 12.8. The molecule has 14 heteroatoms. The van der Waals surface area contributed by atoms with Crippen molar-refractivity contribution in [3.63, 3.8) is 0 Å². The zero-order valence-corrected chi connectivity index (χ0v) is 32.0. The van der Waals surface area contributed by atoms with Gasteiger partial charge in [-0.25, -0.2) is 28.5 Å². The van der Waals surface area contributed by atoms with Gasteiger partial charge < -0.3 is 14.8 Å². The number of fused-ring (bicyclic) bond motifs is 4. The van der Waals surface area contributed by atoms with Crippen LogP contribution in [0.25, 0.3) is 33.4 Å². The minimum atomic E-state index is -3.04. The van der Waals surface area contributed by atoms with Crippen molar-refractivity contribution in [1.29, 1.82) is 0 Å². The Morgan fingerprint density at radius 3 is 2.44 bits per heavy atom. The summed E-state index contributed by atoms with van der Waals surface area (Å²) in [5.74, 6) is -0.371. The molecule has 1 aliphatic heterocycles. The second-order valence-corrected chi connectivity index (χ2v) is 15.9. The van der Waals surface area contributed by atoms with Crippen LogP contribution in [0.4, 0.5) is 20.3 Å². The summed E-state index contributed by atoms with van der Waals surface area (Å²) in [6, 6.07) is 13.3. The van der Waals surface area contributed by atoms with E-state index in [0.717, 1.165) is 107 Å².